The van der Waals surface area contributed by atoms with Gasteiger partial charge in [0.2, 0.25) is 0 Å². The molecule has 1 atom stereocenters. The van der Waals surface area contributed by atoms with E-state index in [4.69, 9.17) is 8.85 Å². The van der Waals surface area contributed by atoms with E-state index in [1.807, 2.05) is 0 Å². The van der Waals surface area contributed by atoms with E-state index >= 15 is 0 Å². The molecule has 0 N–H and O–H groups in total. The second kappa shape index (κ2) is 6.36. The van der Waals surface area contributed by atoms with Crippen molar-refractivity contribution in [3.8, 4) is 0 Å². The number of rotatable bonds is 2. The zero-order chi connectivity index (χ0) is 12.8. The minimum Gasteiger partial charge on any atom is -0.398 e. The highest BCUT2D eigenvalue weighted by Crippen LogP contribution is 2.21. The molecule has 2 rings (SSSR count). The van der Waals surface area contributed by atoms with Crippen molar-refractivity contribution >= 4 is 14.2 Å². The Morgan fingerprint density at radius 1 is 1.17 bits per heavy atom. The summed E-state index contributed by atoms with van der Waals surface area (Å²) in [5.41, 5.74) is 1.30. The first-order valence-corrected chi connectivity index (χ1v) is 9.25. The van der Waals surface area contributed by atoms with Crippen molar-refractivity contribution in [2.75, 3.05) is 31.7 Å². The van der Waals surface area contributed by atoms with Gasteiger partial charge in [-0.3, -0.25) is 0 Å². The summed E-state index contributed by atoms with van der Waals surface area (Å²) in [5.74, 6) is 0. The molecule has 0 bridgehead atoms. The summed E-state index contributed by atoms with van der Waals surface area (Å²) in [6.45, 7) is 5.01. The lowest BCUT2D eigenvalue weighted by molar-refractivity contribution is 0.210. The molecule has 0 amide bonds. The van der Waals surface area contributed by atoms with Crippen molar-refractivity contribution in [3.63, 3.8) is 0 Å². The average Bonchev–Trinajstić information content (AvgIpc) is 2.51. The van der Waals surface area contributed by atoms with Crippen LogP contribution in [0.15, 0.2) is 30.3 Å². The predicted molar refractivity (Wildman–Crippen MR) is 77.3 cm³/mol. The Bertz CT molecular complexity index is 360. The topological polar surface area (TPSA) is 21.7 Å². The van der Waals surface area contributed by atoms with Crippen LogP contribution in [0.3, 0.4) is 0 Å². The first-order chi connectivity index (χ1) is 8.73. The van der Waals surface area contributed by atoms with Gasteiger partial charge in [0.1, 0.15) is 0 Å². The van der Waals surface area contributed by atoms with E-state index in [0.29, 0.717) is 0 Å². The van der Waals surface area contributed by atoms with Gasteiger partial charge in [0.05, 0.1) is 6.61 Å². The van der Waals surface area contributed by atoms with E-state index < -0.39 is 8.56 Å². The van der Waals surface area contributed by atoms with Gasteiger partial charge in [0.15, 0.2) is 0 Å². The van der Waals surface area contributed by atoms with Crippen LogP contribution in [0.5, 0.6) is 0 Å². The maximum absolute atomic E-state index is 6.03. The number of nitrogens with zero attached hydrogens (tertiary/aromatic N) is 1. The van der Waals surface area contributed by atoms with Crippen molar-refractivity contribution in [1.29, 1.82) is 0 Å². The Morgan fingerprint density at radius 2 is 1.94 bits per heavy atom. The van der Waals surface area contributed by atoms with Gasteiger partial charge in [-0.1, -0.05) is 18.2 Å². The van der Waals surface area contributed by atoms with Crippen molar-refractivity contribution in [1.82, 2.24) is 0 Å². The highest BCUT2D eigenvalue weighted by Gasteiger charge is 2.30. The molecular formula is C14H23NO2Si. The molecule has 1 aliphatic heterocycles. The van der Waals surface area contributed by atoms with Crippen LogP contribution in [0.4, 0.5) is 5.69 Å². The van der Waals surface area contributed by atoms with Gasteiger partial charge in [-0.2, -0.15) is 0 Å². The average molecular weight is 265 g/mol. The fourth-order valence-corrected chi connectivity index (χ4v) is 4.24. The molecule has 3 nitrogen and oxygen atoms in total. The molecule has 1 aromatic rings. The van der Waals surface area contributed by atoms with Crippen LogP contribution in [0, 0.1) is 0 Å². The fourth-order valence-electron chi connectivity index (χ4n) is 2.36. The zero-order valence-electron chi connectivity index (χ0n) is 11.4. The molecule has 1 unspecified atom stereocenters. The van der Waals surface area contributed by atoms with E-state index in [2.05, 4.69) is 41.8 Å². The first kappa shape index (κ1) is 13.6. The third-order valence-electron chi connectivity index (χ3n) is 3.63. The van der Waals surface area contributed by atoms with Crippen molar-refractivity contribution < 1.29 is 8.85 Å². The van der Waals surface area contributed by atoms with Crippen LogP contribution >= 0.6 is 0 Å². The third-order valence-corrected chi connectivity index (χ3v) is 6.57. The Morgan fingerprint density at radius 3 is 2.67 bits per heavy atom. The number of hydrogen-bond donors (Lipinski definition) is 0. The molecule has 0 spiro atoms. The highest BCUT2D eigenvalue weighted by molar-refractivity contribution is 6.65. The summed E-state index contributed by atoms with van der Waals surface area (Å²) in [6.07, 6.45) is 2.41. The first-order valence-electron chi connectivity index (χ1n) is 6.73. The normalized spacial score (nSPS) is 26.2. The molecule has 0 radical (unpaired) electrons. The number of anilines is 1. The molecule has 4 heteroatoms. The Kier molecular flexibility index (Phi) is 4.80. The Balaban J connectivity index is 2.00. The predicted octanol–water partition coefficient (Wildman–Crippen LogP) is 3.02. The van der Waals surface area contributed by atoms with E-state index in [-0.39, 0.29) is 0 Å². The molecule has 1 saturated heterocycles. The molecule has 0 aromatic heterocycles. The van der Waals surface area contributed by atoms with Gasteiger partial charge in [-0.05, 0) is 37.6 Å². The summed E-state index contributed by atoms with van der Waals surface area (Å²) >= 11 is 0. The van der Waals surface area contributed by atoms with E-state index in [1.54, 1.807) is 7.11 Å². The van der Waals surface area contributed by atoms with Crippen molar-refractivity contribution in [2.45, 2.75) is 25.4 Å². The SMILES string of the molecule is CO[Si]1(C)CCCCN(c2ccccc2)CCO1. The van der Waals surface area contributed by atoms with E-state index in [9.17, 15) is 0 Å². The standard InChI is InChI=1S/C14H23NO2Si/c1-16-18(2)13-7-6-10-15(11-12-17-18)14-8-4-3-5-9-14/h3-5,8-9H,6-7,10-13H2,1-2H3. The quantitative estimate of drug-likeness (QED) is 0.767. The second-order valence-electron chi connectivity index (χ2n) is 4.97. The second-order valence-corrected chi connectivity index (χ2v) is 8.43. The van der Waals surface area contributed by atoms with Gasteiger partial charge < -0.3 is 13.8 Å². The monoisotopic (exact) mass is 265 g/mol. The van der Waals surface area contributed by atoms with Crippen LogP contribution in [-0.2, 0) is 8.85 Å². The van der Waals surface area contributed by atoms with Crippen molar-refractivity contribution in [3.05, 3.63) is 30.3 Å². The minimum atomic E-state index is -1.88. The van der Waals surface area contributed by atoms with Gasteiger partial charge >= 0.3 is 8.56 Å². The molecule has 1 heterocycles. The lowest BCUT2D eigenvalue weighted by Crippen LogP contribution is -2.39. The molecule has 0 saturated carbocycles. The highest BCUT2D eigenvalue weighted by atomic mass is 28.4. The molecule has 1 fully saturated rings. The Labute approximate surface area is 111 Å². The van der Waals surface area contributed by atoms with E-state index in [1.165, 1.54) is 18.5 Å². The smallest absolute Gasteiger partial charge is 0.334 e. The van der Waals surface area contributed by atoms with Crippen molar-refractivity contribution in [2.24, 2.45) is 0 Å². The molecular weight excluding hydrogens is 242 g/mol. The van der Waals surface area contributed by atoms with Crippen LogP contribution in [-0.4, -0.2) is 35.4 Å². The number of para-hydroxylation sites is 1. The van der Waals surface area contributed by atoms with E-state index in [0.717, 1.165) is 25.7 Å². The molecule has 1 aliphatic rings. The summed E-state index contributed by atoms with van der Waals surface area (Å²) in [4.78, 5) is 2.41. The molecule has 18 heavy (non-hydrogen) atoms. The summed E-state index contributed by atoms with van der Waals surface area (Å²) < 4.78 is 11.6. The maximum atomic E-state index is 6.03. The van der Waals surface area contributed by atoms with Crippen LogP contribution in [0.2, 0.25) is 12.6 Å². The third kappa shape index (κ3) is 3.57. The van der Waals surface area contributed by atoms with Gasteiger partial charge in [0, 0.05) is 25.9 Å². The lowest BCUT2D eigenvalue weighted by atomic mass is 10.2. The van der Waals surface area contributed by atoms with Gasteiger partial charge in [-0.15, -0.1) is 0 Å². The molecule has 1 aromatic carbocycles. The fraction of sp³-hybridized carbons (Fsp3) is 0.571. The maximum Gasteiger partial charge on any atom is 0.334 e. The molecule has 0 aliphatic carbocycles. The molecule has 100 valence electrons. The zero-order valence-corrected chi connectivity index (χ0v) is 12.4. The summed E-state index contributed by atoms with van der Waals surface area (Å²) in [6, 6.07) is 11.7. The Hall–Kier alpha value is -0.843. The number of benzene rings is 1. The minimum absolute atomic E-state index is 0.769. The van der Waals surface area contributed by atoms with Crippen LogP contribution in [0.1, 0.15) is 12.8 Å². The number of hydrogen-bond acceptors (Lipinski definition) is 3. The lowest BCUT2D eigenvalue weighted by Gasteiger charge is -2.26. The van der Waals surface area contributed by atoms with Crippen LogP contribution < -0.4 is 4.90 Å². The largest absolute Gasteiger partial charge is 0.398 e. The van der Waals surface area contributed by atoms with Crippen LogP contribution in [0.25, 0.3) is 0 Å². The summed E-state index contributed by atoms with van der Waals surface area (Å²) in [7, 11) is -0.0918. The summed E-state index contributed by atoms with van der Waals surface area (Å²) in [5, 5.41) is 0. The van der Waals surface area contributed by atoms with Gasteiger partial charge in [-0.25, -0.2) is 0 Å². The van der Waals surface area contributed by atoms with Gasteiger partial charge in [0.25, 0.3) is 0 Å².